The lowest BCUT2D eigenvalue weighted by molar-refractivity contribution is 0.226. The van der Waals surface area contributed by atoms with Crippen LogP contribution in [0, 0.1) is 5.41 Å². The summed E-state index contributed by atoms with van der Waals surface area (Å²) in [5.74, 6) is 0. The van der Waals surface area contributed by atoms with Gasteiger partial charge in [-0.3, -0.25) is 0 Å². The number of nitrogens with one attached hydrogen (secondary N) is 1. The molecule has 1 aliphatic carbocycles. The third-order valence-corrected chi connectivity index (χ3v) is 5.72. The molecule has 21 heavy (non-hydrogen) atoms. The predicted octanol–water partition coefficient (Wildman–Crippen LogP) is 4.61. The van der Waals surface area contributed by atoms with Crippen molar-refractivity contribution in [2.75, 3.05) is 24.5 Å². The third kappa shape index (κ3) is 3.37. The van der Waals surface area contributed by atoms with Gasteiger partial charge in [-0.1, -0.05) is 37.4 Å². The van der Waals surface area contributed by atoms with Crippen molar-refractivity contribution in [2.45, 2.75) is 52.0 Å². The van der Waals surface area contributed by atoms with E-state index in [0.29, 0.717) is 5.41 Å². The summed E-state index contributed by atoms with van der Waals surface area (Å²) in [6, 6.07) is 6.55. The number of hydrogen-bond acceptors (Lipinski definition) is 2. The zero-order valence-corrected chi connectivity index (χ0v) is 13.9. The maximum Gasteiger partial charge on any atom is 0.0642 e. The van der Waals surface area contributed by atoms with Crippen LogP contribution in [0.5, 0.6) is 0 Å². The highest BCUT2D eigenvalue weighted by molar-refractivity contribution is 6.33. The SMILES string of the molecule is CCNCc1ccc(N2CCC3(CCCC3)CC2)c(Cl)c1. The first kappa shape index (κ1) is 15.2. The number of piperidine rings is 1. The van der Waals surface area contributed by atoms with Crippen LogP contribution in [0.25, 0.3) is 0 Å². The molecule has 1 spiro atoms. The second kappa shape index (κ2) is 6.58. The summed E-state index contributed by atoms with van der Waals surface area (Å²) >= 11 is 6.52. The van der Waals surface area contributed by atoms with E-state index in [-0.39, 0.29) is 0 Å². The van der Waals surface area contributed by atoms with Crippen molar-refractivity contribution in [3.05, 3.63) is 28.8 Å². The second-order valence-corrected chi connectivity index (χ2v) is 7.17. The Morgan fingerprint density at radius 1 is 1.14 bits per heavy atom. The van der Waals surface area contributed by atoms with Gasteiger partial charge in [-0.05, 0) is 55.3 Å². The summed E-state index contributed by atoms with van der Waals surface area (Å²) in [4.78, 5) is 2.49. The fourth-order valence-electron chi connectivity index (χ4n) is 4.03. The van der Waals surface area contributed by atoms with Gasteiger partial charge in [-0.15, -0.1) is 0 Å². The Balaban J connectivity index is 1.64. The standard InChI is InChI=1S/C18H27ClN2/c1-2-20-14-15-5-6-17(16(19)13-15)21-11-9-18(10-12-21)7-3-4-8-18/h5-6,13,20H,2-4,7-12,14H2,1H3. The van der Waals surface area contributed by atoms with Crippen LogP contribution in [0.2, 0.25) is 5.02 Å². The van der Waals surface area contributed by atoms with E-state index in [2.05, 4.69) is 35.3 Å². The number of anilines is 1. The summed E-state index contributed by atoms with van der Waals surface area (Å²) in [5, 5.41) is 4.26. The molecule has 2 aliphatic rings. The smallest absolute Gasteiger partial charge is 0.0642 e. The van der Waals surface area contributed by atoms with E-state index in [9.17, 15) is 0 Å². The second-order valence-electron chi connectivity index (χ2n) is 6.76. The van der Waals surface area contributed by atoms with Crippen LogP contribution in [0.1, 0.15) is 51.0 Å². The van der Waals surface area contributed by atoms with Crippen LogP contribution >= 0.6 is 11.6 Å². The summed E-state index contributed by atoms with van der Waals surface area (Å²) in [6.07, 6.45) is 8.50. The Hall–Kier alpha value is -0.730. The summed E-state index contributed by atoms with van der Waals surface area (Å²) < 4.78 is 0. The van der Waals surface area contributed by atoms with Gasteiger partial charge in [-0.25, -0.2) is 0 Å². The molecule has 1 aliphatic heterocycles. The zero-order valence-electron chi connectivity index (χ0n) is 13.1. The molecule has 1 aromatic rings. The van der Waals surface area contributed by atoms with Crippen molar-refractivity contribution in [2.24, 2.45) is 5.41 Å². The van der Waals surface area contributed by atoms with Crippen LogP contribution in [0.3, 0.4) is 0 Å². The van der Waals surface area contributed by atoms with Crippen LogP contribution in [0.4, 0.5) is 5.69 Å². The Morgan fingerprint density at radius 2 is 1.86 bits per heavy atom. The van der Waals surface area contributed by atoms with Crippen LogP contribution in [-0.2, 0) is 6.54 Å². The molecule has 116 valence electrons. The summed E-state index contributed by atoms with van der Waals surface area (Å²) in [6.45, 7) is 6.37. The fourth-order valence-corrected chi connectivity index (χ4v) is 4.36. The molecule has 0 unspecified atom stereocenters. The lowest BCUT2D eigenvalue weighted by atomic mass is 9.77. The molecule has 1 aromatic carbocycles. The fraction of sp³-hybridized carbons (Fsp3) is 0.667. The van der Waals surface area contributed by atoms with Gasteiger partial charge in [0.25, 0.3) is 0 Å². The predicted molar refractivity (Wildman–Crippen MR) is 91.2 cm³/mol. The summed E-state index contributed by atoms with van der Waals surface area (Å²) in [5.41, 5.74) is 3.17. The first-order valence-corrected chi connectivity index (χ1v) is 8.84. The van der Waals surface area contributed by atoms with Gasteiger partial charge in [0.1, 0.15) is 0 Å². The monoisotopic (exact) mass is 306 g/mol. The maximum atomic E-state index is 6.52. The largest absolute Gasteiger partial charge is 0.370 e. The zero-order chi connectivity index (χ0) is 14.7. The number of nitrogens with zero attached hydrogens (tertiary/aromatic N) is 1. The average Bonchev–Trinajstić information content (AvgIpc) is 2.95. The van der Waals surface area contributed by atoms with Gasteiger partial charge < -0.3 is 10.2 Å². The molecule has 2 fully saturated rings. The molecular formula is C18H27ClN2. The molecule has 1 saturated heterocycles. The van der Waals surface area contributed by atoms with Crippen LogP contribution < -0.4 is 10.2 Å². The normalized spacial score (nSPS) is 21.1. The Bertz CT molecular complexity index is 470. The highest BCUT2D eigenvalue weighted by Gasteiger charge is 2.37. The van der Waals surface area contributed by atoms with Gasteiger partial charge in [0.05, 0.1) is 10.7 Å². The quantitative estimate of drug-likeness (QED) is 0.874. The molecule has 0 amide bonds. The highest BCUT2D eigenvalue weighted by Crippen LogP contribution is 2.47. The van der Waals surface area contributed by atoms with Gasteiger partial charge in [0.2, 0.25) is 0 Å². The van der Waals surface area contributed by atoms with Crippen molar-refractivity contribution in [1.29, 1.82) is 0 Å². The van der Waals surface area contributed by atoms with Crippen LogP contribution in [0.15, 0.2) is 18.2 Å². The van der Waals surface area contributed by atoms with E-state index in [1.807, 2.05) is 0 Å². The topological polar surface area (TPSA) is 15.3 Å². The lowest BCUT2D eigenvalue weighted by Crippen LogP contribution is -2.39. The molecule has 0 aromatic heterocycles. The number of benzene rings is 1. The first-order valence-electron chi connectivity index (χ1n) is 8.47. The molecule has 0 radical (unpaired) electrons. The van der Waals surface area contributed by atoms with E-state index in [1.165, 1.54) is 62.9 Å². The molecule has 2 nitrogen and oxygen atoms in total. The molecule has 3 rings (SSSR count). The summed E-state index contributed by atoms with van der Waals surface area (Å²) in [7, 11) is 0. The molecular weight excluding hydrogens is 280 g/mol. The molecule has 0 atom stereocenters. The Morgan fingerprint density at radius 3 is 2.48 bits per heavy atom. The minimum atomic E-state index is 0.675. The molecule has 1 heterocycles. The number of halogens is 1. The molecule has 1 saturated carbocycles. The Kier molecular flexibility index (Phi) is 4.75. The molecule has 1 N–H and O–H groups in total. The third-order valence-electron chi connectivity index (χ3n) is 5.42. The minimum absolute atomic E-state index is 0.675. The average molecular weight is 307 g/mol. The minimum Gasteiger partial charge on any atom is -0.370 e. The van der Waals surface area contributed by atoms with E-state index >= 15 is 0 Å². The van der Waals surface area contributed by atoms with Crippen LogP contribution in [-0.4, -0.2) is 19.6 Å². The highest BCUT2D eigenvalue weighted by atomic mass is 35.5. The van der Waals surface area contributed by atoms with Gasteiger partial charge in [-0.2, -0.15) is 0 Å². The van der Waals surface area contributed by atoms with E-state index in [4.69, 9.17) is 11.6 Å². The van der Waals surface area contributed by atoms with E-state index in [0.717, 1.165) is 18.1 Å². The Labute approximate surface area is 133 Å². The maximum absolute atomic E-state index is 6.52. The van der Waals surface area contributed by atoms with E-state index in [1.54, 1.807) is 0 Å². The van der Waals surface area contributed by atoms with Crippen molar-refractivity contribution < 1.29 is 0 Å². The van der Waals surface area contributed by atoms with Crippen molar-refractivity contribution in [3.8, 4) is 0 Å². The molecule has 3 heteroatoms. The lowest BCUT2D eigenvalue weighted by Gasteiger charge is -2.40. The number of hydrogen-bond donors (Lipinski definition) is 1. The van der Waals surface area contributed by atoms with Gasteiger partial charge >= 0.3 is 0 Å². The number of rotatable bonds is 4. The molecule has 0 bridgehead atoms. The first-order chi connectivity index (χ1) is 10.2. The van der Waals surface area contributed by atoms with Gasteiger partial charge in [0, 0.05) is 19.6 Å². The van der Waals surface area contributed by atoms with Gasteiger partial charge in [0.15, 0.2) is 0 Å². The van der Waals surface area contributed by atoms with Crippen molar-refractivity contribution in [1.82, 2.24) is 5.32 Å². The van der Waals surface area contributed by atoms with Crippen molar-refractivity contribution >= 4 is 17.3 Å². The van der Waals surface area contributed by atoms with E-state index < -0.39 is 0 Å². The van der Waals surface area contributed by atoms with Crippen molar-refractivity contribution in [3.63, 3.8) is 0 Å².